The third-order valence-corrected chi connectivity index (χ3v) is 6.14. The summed E-state index contributed by atoms with van der Waals surface area (Å²) in [6.07, 6.45) is 10.2. The van der Waals surface area contributed by atoms with Gasteiger partial charge in [-0.15, -0.1) is 0 Å². The van der Waals surface area contributed by atoms with Gasteiger partial charge in [-0.3, -0.25) is 4.79 Å². The third-order valence-electron chi connectivity index (χ3n) is 6.14. The van der Waals surface area contributed by atoms with E-state index in [1.54, 1.807) is 24.8 Å². The number of rotatable bonds is 3. The average molecular weight is 354 g/mol. The molecule has 3 saturated heterocycles. The summed E-state index contributed by atoms with van der Waals surface area (Å²) in [7, 11) is 0. The molecule has 2 bridgehead atoms. The van der Waals surface area contributed by atoms with Gasteiger partial charge < -0.3 is 19.9 Å². The van der Waals surface area contributed by atoms with Crippen LogP contribution in [0.1, 0.15) is 43.2 Å². The van der Waals surface area contributed by atoms with Gasteiger partial charge in [-0.05, 0) is 25.8 Å². The molecule has 1 aliphatic carbocycles. The second-order valence-corrected chi connectivity index (χ2v) is 7.91. The molecule has 5 heterocycles. The largest absolute Gasteiger partial charge is 0.366 e. The highest BCUT2D eigenvalue weighted by Gasteiger charge is 2.73. The van der Waals surface area contributed by atoms with Crippen LogP contribution >= 0.6 is 0 Å². The van der Waals surface area contributed by atoms with E-state index in [1.165, 1.54) is 0 Å². The molecule has 0 atom stereocenters. The molecule has 3 aliphatic heterocycles. The first-order chi connectivity index (χ1) is 12.5. The maximum absolute atomic E-state index is 12.6. The van der Waals surface area contributed by atoms with Crippen molar-refractivity contribution >= 4 is 11.9 Å². The molecule has 2 aromatic heterocycles. The van der Waals surface area contributed by atoms with Gasteiger partial charge in [0.2, 0.25) is 5.95 Å². The van der Waals surface area contributed by atoms with Gasteiger partial charge in [-0.25, -0.2) is 15.0 Å². The quantitative estimate of drug-likeness (QED) is 0.862. The number of ether oxygens (including phenoxy) is 1. The summed E-state index contributed by atoms with van der Waals surface area (Å²) in [4.78, 5) is 30.5. The molecule has 8 nitrogen and oxygen atoms in total. The van der Waals surface area contributed by atoms with Crippen molar-refractivity contribution in [2.24, 2.45) is 0 Å². The van der Waals surface area contributed by atoms with Crippen LogP contribution in [-0.4, -0.2) is 55.7 Å². The van der Waals surface area contributed by atoms with Crippen LogP contribution in [-0.2, 0) is 4.74 Å². The second kappa shape index (κ2) is 5.26. The summed E-state index contributed by atoms with van der Waals surface area (Å²) in [6.45, 7) is 3.78. The molecule has 1 amide bonds. The Labute approximate surface area is 151 Å². The zero-order valence-corrected chi connectivity index (χ0v) is 14.7. The van der Waals surface area contributed by atoms with Crippen LogP contribution in [0.3, 0.4) is 0 Å². The van der Waals surface area contributed by atoms with E-state index in [4.69, 9.17) is 4.74 Å². The van der Waals surface area contributed by atoms with Gasteiger partial charge in [0, 0.05) is 50.7 Å². The maximum Gasteiger partial charge on any atom is 0.287 e. The number of hydrogen-bond acceptors (Lipinski definition) is 6. The van der Waals surface area contributed by atoms with Gasteiger partial charge in [-0.2, -0.15) is 0 Å². The summed E-state index contributed by atoms with van der Waals surface area (Å²) in [5, 5.41) is 3.26. The van der Waals surface area contributed by atoms with Crippen molar-refractivity contribution in [3.8, 4) is 0 Å². The predicted octanol–water partition coefficient (Wildman–Crippen LogP) is 1.29. The minimum absolute atomic E-state index is 0.137. The monoisotopic (exact) mass is 354 g/mol. The van der Waals surface area contributed by atoms with E-state index < -0.39 is 0 Å². The number of nitrogens with one attached hydrogen (secondary N) is 2. The van der Waals surface area contributed by atoms with E-state index in [1.807, 2.05) is 6.07 Å². The SMILES string of the molecule is CC12CC(NC(=O)c3ncc[nH]3)(C1)C1(CCN(c3ncccn3)CC1)O2. The lowest BCUT2D eigenvalue weighted by molar-refractivity contribution is -0.0722. The minimum Gasteiger partial charge on any atom is -0.366 e. The lowest BCUT2D eigenvalue weighted by atomic mass is 9.60. The first-order valence-corrected chi connectivity index (χ1v) is 9.07. The standard InChI is InChI=1S/C18H22N6O2/c1-16-11-17(12-16,23-14(25)13-19-7-8-20-13)18(26-16)3-9-24(10-4-18)15-21-5-2-6-22-15/h2,5-8H,3-4,9-12H2,1H3,(H,19,20)(H,23,25). The Morgan fingerprint density at radius 1 is 1.19 bits per heavy atom. The molecule has 8 heteroatoms. The van der Waals surface area contributed by atoms with Crippen LogP contribution in [0, 0.1) is 0 Å². The number of carbonyl (C=O) groups excluding carboxylic acids is 1. The molecule has 0 aromatic carbocycles. The van der Waals surface area contributed by atoms with E-state index in [9.17, 15) is 4.79 Å². The number of carbonyl (C=O) groups is 1. The molecular weight excluding hydrogens is 332 g/mol. The number of nitrogens with zero attached hydrogens (tertiary/aromatic N) is 4. The molecule has 2 aromatic rings. The van der Waals surface area contributed by atoms with E-state index in [0.717, 1.165) is 44.7 Å². The fourth-order valence-electron chi connectivity index (χ4n) is 5.16. The van der Waals surface area contributed by atoms with Gasteiger partial charge in [0.1, 0.15) is 0 Å². The number of imidazole rings is 1. The smallest absolute Gasteiger partial charge is 0.287 e. The maximum atomic E-state index is 12.6. The van der Waals surface area contributed by atoms with E-state index in [-0.39, 0.29) is 22.6 Å². The Hall–Kier alpha value is -2.48. The summed E-state index contributed by atoms with van der Waals surface area (Å²) in [5.74, 6) is 0.952. The van der Waals surface area contributed by atoms with Crippen molar-refractivity contribution in [2.75, 3.05) is 18.0 Å². The van der Waals surface area contributed by atoms with Crippen LogP contribution in [0.5, 0.6) is 0 Å². The lowest BCUT2D eigenvalue weighted by Crippen LogP contribution is -2.67. The fourth-order valence-corrected chi connectivity index (χ4v) is 5.16. The van der Waals surface area contributed by atoms with Crippen molar-refractivity contribution < 1.29 is 9.53 Å². The summed E-state index contributed by atoms with van der Waals surface area (Å²) < 4.78 is 6.54. The molecule has 1 spiro atoms. The van der Waals surface area contributed by atoms with Crippen LogP contribution in [0.2, 0.25) is 0 Å². The predicted molar refractivity (Wildman–Crippen MR) is 93.7 cm³/mol. The van der Waals surface area contributed by atoms with Crippen LogP contribution in [0.4, 0.5) is 5.95 Å². The molecule has 4 fully saturated rings. The molecule has 2 N–H and O–H groups in total. The van der Waals surface area contributed by atoms with Gasteiger partial charge in [-0.1, -0.05) is 0 Å². The van der Waals surface area contributed by atoms with Crippen molar-refractivity contribution in [1.82, 2.24) is 25.3 Å². The second-order valence-electron chi connectivity index (χ2n) is 7.91. The summed E-state index contributed by atoms with van der Waals surface area (Å²) in [6, 6.07) is 1.82. The van der Waals surface area contributed by atoms with Crippen molar-refractivity contribution in [3.63, 3.8) is 0 Å². The normalized spacial score (nSPS) is 31.7. The average Bonchev–Trinajstić information content (AvgIpc) is 3.28. The Bertz CT molecular complexity index is 807. The van der Waals surface area contributed by atoms with E-state index >= 15 is 0 Å². The van der Waals surface area contributed by atoms with Crippen molar-refractivity contribution in [3.05, 3.63) is 36.7 Å². The number of piperidine rings is 1. The van der Waals surface area contributed by atoms with Crippen LogP contribution in [0.15, 0.2) is 30.9 Å². The number of aromatic nitrogens is 4. The highest BCUT2D eigenvalue weighted by atomic mass is 16.5. The molecule has 6 rings (SSSR count). The third kappa shape index (κ3) is 2.18. The van der Waals surface area contributed by atoms with Gasteiger partial charge in [0.05, 0.1) is 16.7 Å². The Balaban J connectivity index is 1.36. The Kier molecular flexibility index (Phi) is 3.19. The number of anilines is 1. The van der Waals surface area contributed by atoms with E-state index in [2.05, 4.69) is 37.1 Å². The number of amides is 1. The molecule has 4 aliphatic rings. The number of H-pyrrole nitrogens is 1. The minimum atomic E-state index is -0.324. The number of aromatic amines is 1. The fraction of sp³-hybridized carbons (Fsp3) is 0.556. The highest BCUT2D eigenvalue weighted by Crippen LogP contribution is 2.63. The highest BCUT2D eigenvalue weighted by molar-refractivity contribution is 5.91. The topological polar surface area (TPSA) is 96.0 Å². The van der Waals surface area contributed by atoms with Crippen molar-refractivity contribution in [1.29, 1.82) is 0 Å². The van der Waals surface area contributed by atoms with E-state index in [0.29, 0.717) is 5.82 Å². The zero-order chi connectivity index (χ0) is 17.8. The van der Waals surface area contributed by atoms with Gasteiger partial charge in [0.25, 0.3) is 5.91 Å². The first-order valence-electron chi connectivity index (χ1n) is 9.07. The van der Waals surface area contributed by atoms with Crippen LogP contribution < -0.4 is 10.2 Å². The molecule has 0 radical (unpaired) electrons. The Morgan fingerprint density at radius 3 is 2.58 bits per heavy atom. The van der Waals surface area contributed by atoms with Crippen LogP contribution in [0.25, 0.3) is 0 Å². The molecule has 26 heavy (non-hydrogen) atoms. The number of hydrogen-bond donors (Lipinski definition) is 2. The zero-order valence-electron chi connectivity index (χ0n) is 14.7. The van der Waals surface area contributed by atoms with Gasteiger partial charge in [0.15, 0.2) is 5.82 Å². The molecule has 1 saturated carbocycles. The molecular formula is C18H22N6O2. The molecule has 136 valence electrons. The molecule has 0 unspecified atom stereocenters. The van der Waals surface area contributed by atoms with Gasteiger partial charge >= 0.3 is 0 Å². The van der Waals surface area contributed by atoms with Crippen molar-refractivity contribution in [2.45, 2.75) is 49.3 Å². The summed E-state index contributed by atoms with van der Waals surface area (Å²) >= 11 is 0. The summed E-state index contributed by atoms with van der Waals surface area (Å²) in [5.41, 5.74) is -0.771. The first kappa shape index (κ1) is 15.7. The Morgan fingerprint density at radius 2 is 1.92 bits per heavy atom. The lowest BCUT2D eigenvalue weighted by Gasteiger charge is -2.50.